The maximum atomic E-state index is 12.6. The fourth-order valence-corrected chi connectivity index (χ4v) is 3.23. The minimum atomic E-state index is -0.235. The topological polar surface area (TPSA) is 60.7 Å². The van der Waals surface area contributed by atoms with Gasteiger partial charge < -0.3 is 4.57 Å². The summed E-state index contributed by atoms with van der Waals surface area (Å²) in [4.78, 5) is 16.6. The smallest absolute Gasteiger partial charge is 0.191 e. The zero-order chi connectivity index (χ0) is 17.1. The van der Waals surface area contributed by atoms with Crippen LogP contribution in [0.4, 0.5) is 0 Å². The van der Waals surface area contributed by atoms with E-state index >= 15 is 0 Å². The SMILES string of the molecule is Cc1ccc(C(=O)[C@H](C)Sc2nnc(-c3ccncc3)n2C)cc1. The number of ketones is 1. The van der Waals surface area contributed by atoms with Gasteiger partial charge in [0.2, 0.25) is 0 Å². The first kappa shape index (κ1) is 16.4. The molecule has 0 amide bonds. The molecule has 0 saturated heterocycles. The summed E-state index contributed by atoms with van der Waals surface area (Å²) in [5.41, 5.74) is 2.81. The molecular weight excluding hydrogens is 320 g/mol. The molecule has 3 aromatic rings. The summed E-state index contributed by atoms with van der Waals surface area (Å²) in [5.74, 6) is 0.850. The molecule has 0 unspecified atom stereocenters. The van der Waals surface area contributed by atoms with Gasteiger partial charge in [-0.2, -0.15) is 0 Å². The molecule has 2 aromatic heterocycles. The Bertz CT molecular complexity index is 843. The second kappa shape index (κ2) is 6.97. The van der Waals surface area contributed by atoms with Crippen LogP contribution in [-0.2, 0) is 7.05 Å². The van der Waals surface area contributed by atoms with E-state index in [1.165, 1.54) is 11.8 Å². The van der Waals surface area contributed by atoms with E-state index in [2.05, 4.69) is 15.2 Å². The Morgan fingerprint density at radius 1 is 1.08 bits per heavy atom. The van der Waals surface area contributed by atoms with Crippen molar-refractivity contribution in [2.75, 3.05) is 0 Å². The predicted octanol–water partition coefficient (Wildman–Crippen LogP) is 3.55. The lowest BCUT2D eigenvalue weighted by atomic mass is 10.1. The first-order valence-corrected chi connectivity index (χ1v) is 8.51. The Morgan fingerprint density at radius 2 is 1.75 bits per heavy atom. The molecular formula is C18H18N4OS. The molecule has 0 spiro atoms. The molecule has 2 heterocycles. The Kier molecular flexibility index (Phi) is 4.76. The fraction of sp³-hybridized carbons (Fsp3) is 0.222. The van der Waals surface area contributed by atoms with Gasteiger partial charge in [-0.25, -0.2) is 0 Å². The van der Waals surface area contributed by atoms with Crippen LogP contribution in [0.3, 0.4) is 0 Å². The molecule has 0 saturated carbocycles. The van der Waals surface area contributed by atoms with Crippen molar-refractivity contribution in [3.63, 3.8) is 0 Å². The predicted molar refractivity (Wildman–Crippen MR) is 95.1 cm³/mol. The normalized spacial score (nSPS) is 12.1. The van der Waals surface area contributed by atoms with Gasteiger partial charge in [-0.15, -0.1) is 10.2 Å². The van der Waals surface area contributed by atoms with E-state index in [4.69, 9.17) is 0 Å². The van der Waals surface area contributed by atoms with E-state index in [1.807, 2.05) is 61.9 Å². The zero-order valence-corrected chi connectivity index (χ0v) is 14.6. The van der Waals surface area contributed by atoms with E-state index in [9.17, 15) is 4.79 Å². The molecule has 3 rings (SSSR count). The van der Waals surface area contributed by atoms with Crippen molar-refractivity contribution in [2.24, 2.45) is 7.05 Å². The van der Waals surface area contributed by atoms with Crippen LogP contribution >= 0.6 is 11.8 Å². The van der Waals surface area contributed by atoms with Crippen LogP contribution in [-0.4, -0.2) is 30.8 Å². The number of Topliss-reactive ketones (excluding diaryl/α,β-unsaturated/α-hetero) is 1. The second-order valence-electron chi connectivity index (χ2n) is 5.59. The number of carbonyl (C=O) groups is 1. The maximum absolute atomic E-state index is 12.6. The summed E-state index contributed by atoms with van der Waals surface area (Å²) < 4.78 is 1.90. The van der Waals surface area contributed by atoms with E-state index in [1.54, 1.807) is 12.4 Å². The summed E-state index contributed by atoms with van der Waals surface area (Å²) in [5, 5.41) is 8.94. The number of aromatic nitrogens is 4. The van der Waals surface area contributed by atoms with Gasteiger partial charge >= 0.3 is 0 Å². The number of pyridine rings is 1. The highest BCUT2D eigenvalue weighted by Gasteiger charge is 2.20. The summed E-state index contributed by atoms with van der Waals surface area (Å²) in [6.07, 6.45) is 3.45. The Balaban J connectivity index is 1.78. The van der Waals surface area contributed by atoms with Gasteiger partial charge in [0.1, 0.15) is 0 Å². The molecule has 5 nitrogen and oxygen atoms in total. The monoisotopic (exact) mass is 338 g/mol. The highest BCUT2D eigenvalue weighted by molar-refractivity contribution is 8.00. The van der Waals surface area contributed by atoms with Gasteiger partial charge in [0, 0.05) is 30.6 Å². The minimum absolute atomic E-state index is 0.0912. The molecule has 1 aromatic carbocycles. The van der Waals surface area contributed by atoms with Gasteiger partial charge in [0.15, 0.2) is 16.8 Å². The molecule has 1 atom stereocenters. The minimum Gasteiger partial charge on any atom is -0.305 e. The van der Waals surface area contributed by atoms with Crippen LogP contribution in [0.5, 0.6) is 0 Å². The largest absolute Gasteiger partial charge is 0.305 e. The third-order valence-corrected chi connectivity index (χ3v) is 4.89. The summed E-state index contributed by atoms with van der Waals surface area (Å²) in [6, 6.07) is 11.4. The first-order valence-electron chi connectivity index (χ1n) is 7.63. The second-order valence-corrected chi connectivity index (χ2v) is 6.90. The molecule has 122 valence electrons. The van der Waals surface area contributed by atoms with Crippen molar-refractivity contribution in [1.29, 1.82) is 0 Å². The first-order chi connectivity index (χ1) is 11.6. The number of carbonyl (C=O) groups excluding carboxylic acids is 1. The van der Waals surface area contributed by atoms with Gasteiger partial charge in [-0.1, -0.05) is 41.6 Å². The van der Waals surface area contributed by atoms with E-state index in [0.29, 0.717) is 0 Å². The van der Waals surface area contributed by atoms with Crippen molar-refractivity contribution in [3.8, 4) is 11.4 Å². The van der Waals surface area contributed by atoms with Crippen LogP contribution in [0.2, 0.25) is 0 Å². The number of benzene rings is 1. The molecule has 0 bridgehead atoms. The molecule has 0 N–H and O–H groups in total. The molecule has 6 heteroatoms. The molecule has 24 heavy (non-hydrogen) atoms. The number of aryl methyl sites for hydroxylation is 1. The fourth-order valence-electron chi connectivity index (χ4n) is 2.33. The Morgan fingerprint density at radius 3 is 2.42 bits per heavy atom. The van der Waals surface area contributed by atoms with E-state index < -0.39 is 0 Å². The molecule has 0 aliphatic heterocycles. The van der Waals surface area contributed by atoms with Crippen LogP contribution < -0.4 is 0 Å². The zero-order valence-electron chi connectivity index (χ0n) is 13.8. The lowest BCUT2D eigenvalue weighted by molar-refractivity contribution is 0.0994. The van der Waals surface area contributed by atoms with E-state index in [-0.39, 0.29) is 11.0 Å². The van der Waals surface area contributed by atoms with Gasteiger partial charge in [0.05, 0.1) is 5.25 Å². The quantitative estimate of drug-likeness (QED) is 0.526. The number of thioether (sulfide) groups is 1. The number of hydrogen-bond donors (Lipinski definition) is 0. The lowest BCUT2D eigenvalue weighted by Gasteiger charge is -2.10. The molecule has 0 radical (unpaired) electrons. The van der Waals surface area contributed by atoms with Gasteiger partial charge in [-0.3, -0.25) is 9.78 Å². The number of nitrogens with zero attached hydrogens (tertiary/aromatic N) is 4. The van der Waals surface area contributed by atoms with Gasteiger partial charge in [0.25, 0.3) is 0 Å². The van der Waals surface area contributed by atoms with Crippen LogP contribution in [0.1, 0.15) is 22.8 Å². The average molecular weight is 338 g/mol. The van der Waals surface area contributed by atoms with Crippen molar-refractivity contribution in [2.45, 2.75) is 24.3 Å². The summed E-state index contributed by atoms with van der Waals surface area (Å²) >= 11 is 1.42. The van der Waals surface area contributed by atoms with Crippen molar-refractivity contribution >= 4 is 17.5 Å². The Hall–Kier alpha value is -2.47. The van der Waals surface area contributed by atoms with Crippen LogP contribution in [0, 0.1) is 6.92 Å². The molecule has 0 aliphatic rings. The highest BCUT2D eigenvalue weighted by Crippen LogP contribution is 2.27. The standard InChI is InChI=1S/C18H18N4OS/c1-12-4-6-14(7-5-12)16(23)13(2)24-18-21-20-17(22(18)3)15-8-10-19-11-9-15/h4-11,13H,1-3H3/t13-/m0/s1. The average Bonchev–Trinajstić information content (AvgIpc) is 2.96. The van der Waals surface area contributed by atoms with Crippen molar-refractivity contribution in [3.05, 3.63) is 59.9 Å². The summed E-state index contributed by atoms with van der Waals surface area (Å²) in [6.45, 7) is 3.90. The van der Waals surface area contributed by atoms with Gasteiger partial charge in [-0.05, 0) is 26.0 Å². The summed E-state index contributed by atoms with van der Waals surface area (Å²) in [7, 11) is 1.90. The maximum Gasteiger partial charge on any atom is 0.191 e. The van der Waals surface area contributed by atoms with E-state index in [0.717, 1.165) is 27.7 Å². The molecule has 0 fully saturated rings. The molecule has 0 aliphatic carbocycles. The third kappa shape index (κ3) is 3.38. The number of rotatable bonds is 5. The van der Waals surface area contributed by atoms with Crippen LogP contribution in [0.25, 0.3) is 11.4 Å². The lowest BCUT2D eigenvalue weighted by Crippen LogP contribution is -2.14. The Labute approximate surface area is 145 Å². The highest BCUT2D eigenvalue weighted by atomic mass is 32.2. The third-order valence-electron chi connectivity index (χ3n) is 3.76. The van der Waals surface area contributed by atoms with Crippen LogP contribution in [0.15, 0.2) is 53.9 Å². The number of hydrogen-bond acceptors (Lipinski definition) is 5. The van der Waals surface area contributed by atoms with Crippen molar-refractivity contribution < 1.29 is 4.79 Å². The van der Waals surface area contributed by atoms with Crippen molar-refractivity contribution in [1.82, 2.24) is 19.7 Å².